The maximum Gasteiger partial charge on any atom is 0.263 e. The smallest absolute Gasteiger partial charge is 0.263 e. The van der Waals surface area contributed by atoms with Crippen LogP contribution in [0.15, 0.2) is 47.9 Å². The van der Waals surface area contributed by atoms with Crippen LogP contribution in [0.4, 0.5) is 5.82 Å². The number of benzene rings is 1. The molecule has 3 aromatic rings. The number of nitrogens with one attached hydrogen (secondary N) is 1. The quantitative estimate of drug-likeness (QED) is 0.648. The lowest BCUT2D eigenvalue weighted by Gasteiger charge is -2.09. The van der Waals surface area contributed by atoms with Crippen molar-refractivity contribution in [3.05, 3.63) is 48.8 Å². The predicted octanol–water partition coefficient (Wildman–Crippen LogP) is 0.993. The first-order valence-corrected chi connectivity index (χ1v) is 8.91. The summed E-state index contributed by atoms with van der Waals surface area (Å²) in [6.45, 7) is 0.224. The Balaban J connectivity index is 1.69. The largest absolute Gasteiger partial charge is 0.486 e. The van der Waals surface area contributed by atoms with Gasteiger partial charge in [-0.15, -0.1) is 0 Å². The van der Waals surface area contributed by atoms with Gasteiger partial charge in [0.05, 0.1) is 12.0 Å². The lowest BCUT2D eigenvalue weighted by atomic mass is 10.3. The summed E-state index contributed by atoms with van der Waals surface area (Å²) in [6.07, 6.45) is 2.64. The van der Waals surface area contributed by atoms with Crippen LogP contribution in [0.25, 0.3) is 0 Å². The Kier molecular flexibility index (Phi) is 4.98. The van der Waals surface area contributed by atoms with Gasteiger partial charge in [-0.05, 0) is 24.3 Å². The van der Waals surface area contributed by atoms with Crippen molar-refractivity contribution < 1.29 is 17.9 Å². The molecule has 0 aliphatic heterocycles. The van der Waals surface area contributed by atoms with Crippen molar-refractivity contribution in [2.75, 3.05) is 11.8 Å². The van der Waals surface area contributed by atoms with E-state index in [9.17, 15) is 8.42 Å². The van der Waals surface area contributed by atoms with Crippen molar-refractivity contribution in [3.63, 3.8) is 0 Å². The maximum atomic E-state index is 12.4. The number of aromatic nitrogens is 5. The van der Waals surface area contributed by atoms with Crippen LogP contribution < -0.4 is 14.2 Å². The molecule has 136 valence electrons. The molecule has 0 unspecified atom stereocenters. The normalized spacial score (nSPS) is 11.2. The molecule has 0 atom stereocenters. The molecular formula is C15H16N6O4S. The van der Waals surface area contributed by atoms with Crippen LogP contribution >= 0.6 is 0 Å². The number of anilines is 1. The van der Waals surface area contributed by atoms with Crippen LogP contribution in [0.3, 0.4) is 0 Å². The van der Waals surface area contributed by atoms with Crippen molar-refractivity contribution in [2.45, 2.75) is 11.5 Å². The zero-order valence-corrected chi connectivity index (χ0v) is 14.8. The zero-order valence-electron chi connectivity index (χ0n) is 14.0. The number of ether oxygens (including phenoxy) is 2. The summed E-state index contributed by atoms with van der Waals surface area (Å²) in [7, 11) is -0.608. The highest BCUT2D eigenvalue weighted by Crippen LogP contribution is 2.20. The highest BCUT2D eigenvalue weighted by Gasteiger charge is 2.15. The highest BCUT2D eigenvalue weighted by atomic mass is 32.2. The SMILES string of the molecule is COc1cc(NS(=O)(=O)c2ccc(OCc3ncnn3C)cc2)ncn1. The molecule has 0 saturated heterocycles. The van der Waals surface area contributed by atoms with Crippen molar-refractivity contribution >= 4 is 15.8 Å². The van der Waals surface area contributed by atoms with E-state index in [1.54, 1.807) is 23.9 Å². The topological polar surface area (TPSA) is 121 Å². The fourth-order valence-electron chi connectivity index (χ4n) is 2.02. The summed E-state index contributed by atoms with van der Waals surface area (Å²) >= 11 is 0. The summed E-state index contributed by atoms with van der Waals surface area (Å²) < 4.78 is 39.3. The lowest BCUT2D eigenvalue weighted by molar-refractivity contribution is 0.289. The van der Waals surface area contributed by atoms with Gasteiger partial charge in [-0.25, -0.2) is 23.4 Å². The third-order valence-corrected chi connectivity index (χ3v) is 4.77. The van der Waals surface area contributed by atoms with Gasteiger partial charge in [0.15, 0.2) is 5.82 Å². The Morgan fingerprint density at radius 2 is 1.88 bits per heavy atom. The van der Waals surface area contributed by atoms with Gasteiger partial charge in [0.25, 0.3) is 10.0 Å². The lowest BCUT2D eigenvalue weighted by Crippen LogP contribution is -2.14. The molecule has 0 fully saturated rings. The minimum atomic E-state index is -3.80. The Morgan fingerprint density at radius 3 is 2.54 bits per heavy atom. The van der Waals surface area contributed by atoms with E-state index in [1.165, 1.54) is 38.0 Å². The molecule has 10 nitrogen and oxygen atoms in total. The molecule has 2 heterocycles. The van der Waals surface area contributed by atoms with Crippen LogP contribution in [0.2, 0.25) is 0 Å². The van der Waals surface area contributed by atoms with E-state index in [1.807, 2.05) is 0 Å². The molecule has 1 N–H and O–H groups in total. The Hall–Kier alpha value is -3.21. The van der Waals surface area contributed by atoms with E-state index >= 15 is 0 Å². The summed E-state index contributed by atoms with van der Waals surface area (Å²) in [5.74, 6) is 1.53. The van der Waals surface area contributed by atoms with Crippen LogP contribution in [0, 0.1) is 0 Å². The third-order valence-electron chi connectivity index (χ3n) is 3.40. The maximum absolute atomic E-state index is 12.4. The fraction of sp³-hybridized carbons (Fsp3) is 0.200. The molecular weight excluding hydrogens is 360 g/mol. The van der Waals surface area contributed by atoms with Gasteiger partial charge in [0.2, 0.25) is 5.88 Å². The van der Waals surface area contributed by atoms with E-state index in [4.69, 9.17) is 9.47 Å². The number of hydrogen-bond donors (Lipinski definition) is 1. The second-order valence-corrected chi connectivity index (χ2v) is 6.79. The minimum Gasteiger partial charge on any atom is -0.486 e. The van der Waals surface area contributed by atoms with Crippen molar-refractivity contribution in [1.82, 2.24) is 24.7 Å². The fourth-order valence-corrected chi connectivity index (χ4v) is 3.02. The predicted molar refractivity (Wildman–Crippen MR) is 91.2 cm³/mol. The summed E-state index contributed by atoms with van der Waals surface area (Å²) in [6, 6.07) is 7.38. The molecule has 26 heavy (non-hydrogen) atoms. The average Bonchev–Trinajstić information content (AvgIpc) is 3.05. The standard InChI is InChI=1S/C15H16N6O4S/c1-21-14(17-10-19-21)8-25-11-3-5-12(6-4-11)26(22,23)20-13-7-15(24-2)18-9-16-13/h3-7,9-10H,8H2,1-2H3,(H,16,18,20). The van der Waals surface area contributed by atoms with E-state index in [0.717, 1.165) is 0 Å². The van der Waals surface area contributed by atoms with E-state index in [0.29, 0.717) is 11.6 Å². The molecule has 0 radical (unpaired) electrons. The molecule has 2 aromatic heterocycles. The Labute approximate surface area is 149 Å². The molecule has 0 saturated carbocycles. The number of methoxy groups -OCH3 is 1. The Morgan fingerprint density at radius 1 is 1.12 bits per heavy atom. The van der Waals surface area contributed by atoms with Gasteiger partial charge < -0.3 is 9.47 Å². The first kappa shape index (κ1) is 17.6. The molecule has 0 spiro atoms. The van der Waals surface area contributed by atoms with E-state index in [2.05, 4.69) is 24.8 Å². The molecule has 0 aliphatic carbocycles. The second-order valence-electron chi connectivity index (χ2n) is 5.11. The van der Waals surface area contributed by atoms with E-state index < -0.39 is 10.0 Å². The van der Waals surface area contributed by atoms with Gasteiger partial charge in [-0.3, -0.25) is 9.40 Å². The number of rotatable bonds is 7. The summed E-state index contributed by atoms with van der Waals surface area (Å²) in [4.78, 5) is 11.8. The highest BCUT2D eigenvalue weighted by molar-refractivity contribution is 7.92. The van der Waals surface area contributed by atoms with E-state index in [-0.39, 0.29) is 23.2 Å². The summed E-state index contributed by atoms with van der Waals surface area (Å²) in [5, 5.41) is 3.95. The van der Waals surface area contributed by atoms with Crippen LogP contribution in [-0.2, 0) is 23.7 Å². The van der Waals surface area contributed by atoms with Gasteiger partial charge in [0.1, 0.15) is 30.8 Å². The number of aryl methyl sites for hydroxylation is 1. The molecule has 3 rings (SSSR count). The van der Waals surface area contributed by atoms with Crippen molar-refractivity contribution in [1.29, 1.82) is 0 Å². The third kappa shape index (κ3) is 4.06. The van der Waals surface area contributed by atoms with Crippen LogP contribution in [0.5, 0.6) is 11.6 Å². The second kappa shape index (κ2) is 7.35. The minimum absolute atomic E-state index is 0.0705. The summed E-state index contributed by atoms with van der Waals surface area (Å²) in [5.41, 5.74) is 0. The monoisotopic (exact) mass is 376 g/mol. The zero-order chi connectivity index (χ0) is 18.6. The van der Waals surface area contributed by atoms with Crippen LogP contribution in [-0.4, -0.2) is 40.3 Å². The first-order chi connectivity index (χ1) is 12.5. The first-order valence-electron chi connectivity index (χ1n) is 7.42. The number of nitrogens with zero attached hydrogens (tertiary/aromatic N) is 5. The Bertz CT molecular complexity index is 987. The van der Waals surface area contributed by atoms with Gasteiger partial charge in [-0.2, -0.15) is 5.10 Å². The van der Waals surface area contributed by atoms with Gasteiger partial charge in [0, 0.05) is 13.1 Å². The van der Waals surface area contributed by atoms with Crippen LogP contribution in [0.1, 0.15) is 5.82 Å². The molecule has 0 aliphatic rings. The molecule has 11 heteroatoms. The van der Waals surface area contributed by atoms with Crippen molar-refractivity contribution in [2.24, 2.45) is 7.05 Å². The molecule has 1 aromatic carbocycles. The van der Waals surface area contributed by atoms with Gasteiger partial charge in [-0.1, -0.05) is 0 Å². The number of hydrogen-bond acceptors (Lipinski definition) is 8. The van der Waals surface area contributed by atoms with Gasteiger partial charge >= 0.3 is 0 Å². The average molecular weight is 376 g/mol. The molecule has 0 amide bonds. The van der Waals surface area contributed by atoms with Crippen molar-refractivity contribution in [3.8, 4) is 11.6 Å². The molecule has 0 bridgehead atoms. The number of sulfonamides is 1.